The Morgan fingerprint density at radius 2 is 1.59 bits per heavy atom. The molecule has 174 valence electrons. The minimum Gasteiger partial charge on any atom is -0.378 e. The molecule has 2 N–H and O–H groups in total. The number of carbonyl (C=O) groups is 1. The number of benzene rings is 3. The van der Waals surface area contributed by atoms with E-state index < -0.39 is 0 Å². The maximum absolute atomic E-state index is 12.4. The third kappa shape index (κ3) is 6.24. The van der Waals surface area contributed by atoms with Gasteiger partial charge >= 0.3 is 0 Å². The lowest BCUT2D eigenvalue weighted by molar-refractivity contribution is -0.115. The summed E-state index contributed by atoms with van der Waals surface area (Å²) in [6.07, 6.45) is 0.256. The van der Waals surface area contributed by atoms with Gasteiger partial charge in [0.2, 0.25) is 5.91 Å². The summed E-state index contributed by atoms with van der Waals surface area (Å²) in [5.74, 6) is 1.07. The summed E-state index contributed by atoms with van der Waals surface area (Å²) < 4.78 is 1.98. The van der Waals surface area contributed by atoms with E-state index in [0.29, 0.717) is 38.2 Å². The SMILES string of the molecule is O=C(CCSc1nnc(CNc2ccc(Cl)cc2)n1-c1ccccc1)Nc1c(Cl)cccc1Cl. The number of carbonyl (C=O) groups excluding carboxylic acids is 1. The highest BCUT2D eigenvalue weighted by Gasteiger charge is 2.16. The van der Waals surface area contributed by atoms with E-state index in [1.54, 1.807) is 18.2 Å². The van der Waals surface area contributed by atoms with E-state index >= 15 is 0 Å². The quantitative estimate of drug-likeness (QED) is 0.228. The van der Waals surface area contributed by atoms with E-state index in [1.807, 2.05) is 59.2 Å². The molecular formula is C24H20Cl3N5OS. The average Bonchev–Trinajstić information content (AvgIpc) is 3.24. The molecule has 1 heterocycles. The van der Waals surface area contributed by atoms with Crippen LogP contribution in [0.5, 0.6) is 0 Å². The van der Waals surface area contributed by atoms with E-state index in [2.05, 4.69) is 20.8 Å². The summed E-state index contributed by atoms with van der Waals surface area (Å²) in [7, 11) is 0. The van der Waals surface area contributed by atoms with Crippen LogP contribution in [0.15, 0.2) is 78.0 Å². The maximum atomic E-state index is 12.4. The van der Waals surface area contributed by atoms with Crippen LogP contribution in [-0.2, 0) is 11.3 Å². The molecule has 0 unspecified atom stereocenters. The van der Waals surface area contributed by atoms with Crippen LogP contribution >= 0.6 is 46.6 Å². The minimum atomic E-state index is -0.182. The molecular weight excluding hydrogens is 513 g/mol. The molecule has 0 saturated heterocycles. The Kier molecular flexibility index (Phi) is 8.34. The summed E-state index contributed by atoms with van der Waals surface area (Å²) >= 11 is 19.7. The van der Waals surface area contributed by atoms with Crippen LogP contribution in [0.4, 0.5) is 11.4 Å². The van der Waals surface area contributed by atoms with Crippen molar-refractivity contribution < 1.29 is 4.79 Å². The molecule has 4 rings (SSSR count). The standard InChI is InChI=1S/C24H20Cl3N5OS/c25-16-9-11-17(12-10-16)28-15-21-30-31-24(32(21)18-5-2-1-3-6-18)34-14-13-22(33)29-23-19(26)7-4-8-20(23)27/h1-12,28H,13-15H2,(H,29,33). The average molecular weight is 533 g/mol. The first-order valence-electron chi connectivity index (χ1n) is 10.4. The van der Waals surface area contributed by atoms with Gasteiger partial charge in [-0.2, -0.15) is 0 Å². The highest BCUT2D eigenvalue weighted by atomic mass is 35.5. The monoisotopic (exact) mass is 531 g/mol. The van der Waals surface area contributed by atoms with Gasteiger partial charge < -0.3 is 10.6 Å². The molecule has 0 aliphatic carbocycles. The predicted molar refractivity (Wildman–Crippen MR) is 141 cm³/mol. The first kappa shape index (κ1) is 24.4. The molecule has 0 fully saturated rings. The van der Waals surface area contributed by atoms with Crippen molar-refractivity contribution in [1.29, 1.82) is 0 Å². The third-order valence-electron chi connectivity index (χ3n) is 4.80. The molecule has 6 nitrogen and oxygen atoms in total. The molecule has 0 aliphatic heterocycles. The highest BCUT2D eigenvalue weighted by Crippen LogP contribution is 2.30. The second-order valence-corrected chi connectivity index (χ2v) is 9.49. The number of anilines is 2. The number of hydrogen-bond acceptors (Lipinski definition) is 5. The molecule has 0 bridgehead atoms. The molecule has 34 heavy (non-hydrogen) atoms. The van der Waals surface area contributed by atoms with Gasteiger partial charge in [0.05, 0.1) is 22.3 Å². The zero-order valence-corrected chi connectivity index (χ0v) is 20.9. The normalized spacial score (nSPS) is 10.8. The molecule has 0 radical (unpaired) electrons. The van der Waals surface area contributed by atoms with Crippen molar-refractivity contribution in [2.75, 3.05) is 16.4 Å². The van der Waals surface area contributed by atoms with Gasteiger partial charge in [-0.3, -0.25) is 9.36 Å². The number of amides is 1. The van der Waals surface area contributed by atoms with Crippen molar-refractivity contribution in [3.63, 3.8) is 0 Å². The van der Waals surface area contributed by atoms with Gasteiger partial charge in [-0.1, -0.05) is 70.8 Å². The van der Waals surface area contributed by atoms with Crippen LogP contribution in [-0.4, -0.2) is 26.4 Å². The zero-order chi connectivity index (χ0) is 23.9. The van der Waals surface area contributed by atoms with Crippen LogP contribution in [0.2, 0.25) is 15.1 Å². The van der Waals surface area contributed by atoms with Gasteiger partial charge in [-0.15, -0.1) is 10.2 Å². The van der Waals surface area contributed by atoms with E-state index in [4.69, 9.17) is 34.8 Å². The van der Waals surface area contributed by atoms with E-state index in [-0.39, 0.29) is 12.3 Å². The number of nitrogens with one attached hydrogen (secondary N) is 2. The first-order valence-corrected chi connectivity index (χ1v) is 12.5. The fourth-order valence-electron chi connectivity index (χ4n) is 3.15. The maximum Gasteiger partial charge on any atom is 0.225 e. The lowest BCUT2D eigenvalue weighted by atomic mass is 10.3. The fourth-order valence-corrected chi connectivity index (χ4v) is 4.67. The van der Waals surface area contributed by atoms with E-state index in [1.165, 1.54) is 11.8 Å². The lowest BCUT2D eigenvalue weighted by Gasteiger charge is -2.12. The zero-order valence-electron chi connectivity index (χ0n) is 17.8. The number of thioether (sulfide) groups is 1. The van der Waals surface area contributed by atoms with E-state index in [0.717, 1.165) is 17.2 Å². The fraction of sp³-hybridized carbons (Fsp3) is 0.125. The third-order valence-corrected chi connectivity index (χ3v) is 6.61. The Morgan fingerprint density at radius 1 is 0.882 bits per heavy atom. The molecule has 0 saturated carbocycles. The number of halogens is 3. The molecule has 3 aromatic carbocycles. The second kappa shape index (κ2) is 11.6. The number of hydrogen-bond donors (Lipinski definition) is 2. The Labute approximate surface area is 216 Å². The molecule has 4 aromatic rings. The first-order chi connectivity index (χ1) is 16.5. The van der Waals surface area contributed by atoms with Crippen molar-refractivity contribution in [3.05, 3.63) is 93.7 Å². The topological polar surface area (TPSA) is 71.8 Å². The molecule has 1 amide bonds. The summed E-state index contributed by atoms with van der Waals surface area (Å²) in [6.45, 7) is 0.468. The van der Waals surface area contributed by atoms with Crippen molar-refractivity contribution >= 4 is 63.8 Å². The van der Waals surface area contributed by atoms with Crippen LogP contribution in [0.1, 0.15) is 12.2 Å². The van der Waals surface area contributed by atoms with Gasteiger partial charge in [0.15, 0.2) is 11.0 Å². The number of para-hydroxylation sites is 2. The van der Waals surface area contributed by atoms with Gasteiger partial charge in [0.1, 0.15) is 0 Å². The lowest BCUT2D eigenvalue weighted by Crippen LogP contribution is -2.13. The van der Waals surface area contributed by atoms with Gasteiger partial charge in [-0.05, 0) is 48.5 Å². The van der Waals surface area contributed by atoms with Crippen molar-refractivity contribution in [2.24, 2.45) is 0 Å². The number of aromatic nitrogens is 3. The summed E-state index contributed by atoms with van der Waals surface area (Å²) in [4.78, 5) is 12.4. The molecule has 10 heteroatoms. The Balaban J connectivity index is 1.44. The van der Waals surface area contributed by atoms with Crippen LogP contribution in [0.3, 0.4) is 0 Å². The van der Waals surface area contributed by atoms with Crippen molar-refractivity contribution in [1.82, 2.24) is 14.8 Å². The van der Waals surface area contributed by atoms with E-state index in [9.17, 15) is 4.79 Å². The molecule has 0 atom stereocenters. The smallest absolute Gasteiger partial charge is 0.225 e. The summed E-state index contributed by atoms with van der Waals surface area (Å²) in [6, 6.07) is 22.4. The van der Waals surface area contributed by atoms with Gasteiger partial charge in [-0.25, -0.2) is 0 Å². The largest absolute Gasteiger partial charge is 0.378 e. The van der Waals surface area contributed by atoms with Crippen LogP contribution < -0.4 is 10.6 Å². The van der Waals surface area contributed by atoms with Crippen LogP contribution in [0, 0.1) is 0 Å². The summed E-state index contributed by atoms with van der Waals surface area (Å²) in [5.41, 5.74) is 2.29. The van der Waals surface area contributed by atoms with Crippen molar-refractivity contribution in [3.8, 4) is 5.69 Å². The van der Waals surface area contributed by atoms with Gasteiger partial charge in [0, 0.05) is 28.6 Å². The van der Waals surface area contributed by atoms with Crippen molar-refractivity contribution in [2.45, 2.75) is 18.1 Å². The Morgan fingerprint density at radius 3 is 2.29 bits per heavy atom. The van der Waals surface area contributed by atoms with Crippen LogP contribution in [0.25, 0.3) is 5.69 Å². The van der Waals surface area contributed by atoms with Gasteiger partial charge in [0.25, 0.3) is 0 Å². The Hall–Kier alpha value is -2.71. The molecule has 0 aliphatic rings. The second-order valence-electron chi connectivity index (χ2n) is 7.17. The molecule has 0 spiro atoms. The predicted octanol–water partition coefficient (Wildman–Crippen LogP) is 6.96. The minimum absolute atomic E-state index is 0.182. The highest BCUT2D eigenvalue weighted by molar-refractivity contribution is 7.99. The Bertz CT molecular complexity index is 1250. The molecule has 1 aromatic heterocycles. The number of rotatable bonds is 9. The number of nitrogens with zero attached hydrogens (tertiary/aromatic N) is 3. The summed E-state index contributed by atoms with van der Waals surface area (Å²) in [5, 5.41) is 17.0.